The number of fused-ring (bicyclic) bond motifs is 2. The van der Waals surface area contributed by atoms with Crippen molar-refractivity contribution < 1.29 is 4.74 Å². The van der Waals surface area contributed by atoms with E-state index in [9.17, 15) is 0 Å². The fourth-order valence-electron chi connectivity index (χ4n) is 2.97. The van der Waals surface area contributed by atoms with Gasteiger partial charge >= 0.3 is 0 Å². The molecule has 0 saturated carbocycles. The topological polar surface area (TPSA) is 9.23 Å². The Balaban J connectivity index is 1.91. The molecular weight excluding hydrogens is 196 g/mol. The van der Waals surface area contributed by atoms with E-state index in [-0.39, 0.29) is 6.10 Å². The Labute approximate surface area is 97.1 Å². The predicted molar refractivity (Wildman–Crippen MR) is 65.1 cm³/mol. The van der Waals surface area contributed by atoms with E-state index in [0.29, 0.717) is 5.92 Å². The van der Waals surface area contributed by atoms with Gasteiger partial charge in [0.25, 0.3) is 0 Å². The molecule has 0 amide bonds. The Kier molecular flexibility index (Phi) is 2.56. The van der Waals surface area contributed by atoms with Gasteiger partial charge in [0.2, 0.25) is 0 Å². The van der Waals surface area contributed by atoms with Crippen molar-refractivity contribution in [3.05, 3.63) is 47.5 Å². The molecule has 1 heteroatoms. The molecule has 2 aliphatic rings. The summed E-state index contributed by atoms with van der Waals surface area (Å²) in [6, 6.07) is 10.7. The van der Waals surface area contributed by atoms with Crippen LogP contribution >= 0.6 is 0 Å². The molecule has 0 spiro atoms. The van der Waals surface area contributed by atoms with Crippen molar-refractivity contribution >= 4 is 0 Å². The van der Waals surface area contributed by atoms with Crippen molar-refractivity contribution in [2.75, 3.05) is 6.61 Å². The van der Waals surface area contributed by atoms with E-state index in [4.69, 9.17) is 4.74 Å². The lowest BCUT2D eigenvalue weighted by Crippen LogP contribution is -2.32. The van der Waals surface area contributed by atoms with Crippen LogP contribution in [0.5, 0.6) is 0 Å². The first-order valence-electron chi connectivity index (χ1n) is 6.18. The average Bonchev–Trinajstić information content (AvgIpc) is 2.36. The molecule has 1 fully saturated rings. The van der Waals surface area contributed by atoms with Crippen molar-refractivity contribution in [1.82, 2.24) is 0 Å². The van der Waals surface area contributed by atoms with Gasteiger partial charge in [-0.2, -0.15) is 0 Å². The first kappa shape index (κ1) is 10.1. The van der Waals surface area contributed by atoms with E-state index >= 15 is 0 Å². The van der Waals surface area contributed by atoms with Crippen LogP contribution in [0, 0.1) is 11.8 Å². The Morgan fingerprint density at radius 1 is 1.19 bits per heavy atom. The van der Waals surface area contributed by atoms with Gasteiger partial charge in [-0.05, 0) is 31.2 Å². The van der Waals surface area contributed by atoms with Gasteiger partial charge in [-0.1, -0.05) is 42.0 Å². The molecule has 16 heavy (non-hydrogen) atoms. The molecule has 1 aromatic carbocycles. The summed E-state index contributed by atoms with van der Waals surface area (Å²) in [4.78, 5) is 0. The largest absolute Gasteiger partial charge is 0.373 e. The Bertz CT molecular complexity index is 393. The van der Waals surface area contributed by atoms with Crippen LogP contribution in [0.15, 0.2) is 42.0 Å². The van der Waals surface area contributed by atoms with Crippen LogP contribution < -0.4 is 0 Å². The Morgan fingerprint density at radius 3 is 2.81 bits per heavy atom. The van der Waals surface area contributed by atoms with Crippen molar-refractivity contribution in [1.29, 1.82) is 0 Å². The maximum Gasteiger partial charge on any atom is 0.0890 e. The highest BCUT2D eigenvalue weighted by Crippen LogP contribution is 2.43. The van der Waals surface area contributed by atoms with Crippen LogP contribution in [-0.2, 0) is 4.74 Å². The van der Waals surface area contributed by atoms with E-state index in [1.165, 1.54) is 24.0 Å². The molecule has 1 saturated heterocycles. The minimum Gasteiger partial charge on any atom is -0.373 e. The standard InChI is InChI=1S/C15H18O/c1-11-7-8-12-9-14(11)15(16-10-12)13-5-3-2-4-6-13/h2-7,12,14-15H,8-10H2,1H3/t12-,14-,15-/m0/s1. The highest BCUT2D eigenvalue weighted by atomic mass is 16.5. The van der Waals surface area contributed by atoms with Gasteiger partial charge in [0.15, 0.2) is 0 Å². The zero-order valence-corrected chi connectivity index (χ0v) is 9.73. The first-order valence-corrected chi connectivity index (χ1v) is 6.18. The summed E-state index contributed by atoms with van der Waals surface area (Å²) in [5, 5.41) is 0. The van der Waals surface area contributed by atoms with Crippen molar-refractivity contribution in [2.45, 2.75) is 25.9 Å². The van der Waals surface area contributed by atoms with Gasteiger partial charge in [-0.3, -0.25) is 0 Å². The van der Waals surface area contributed by atoms with Gasteiger partial charge in [0, 0.05) is 5.92 Å². The number of allylic oxidation sites excluding steroid dienone is 1. The van der Waals surface area contributed by atoms with Crippen molar-refractivity contribution in [2.24, 2.45) is 11.8 Å². The maximum absolute atomic E-state index is 6.06. The fraction of sp³-hybridized carbons (Fsp3) is 0.467. The Morgan fingerprint density at radius 2 is 2.00 bits per heavy atom. The fourth-order valence-corrected chi connectivity index (χ4v) is 2.97. The number of rotatable bonds is 1. The summed E-state index contributed by atoms with van der Waals surface area (Å²) < 4.78 is 6.06. The number of hydrogen-bond acceptors (Lipinski definition) is 1. The third-order valence-corrected chi connectivity index (χ3v) is 3.95. The molecule has 1 aromatic rings. The highest BCUT2D eigenvalue weighted by Gasteiger charge is 2.35. The first-order chi connectivity index (χ1) is 7.84. The molecule has 0 radical (unpaired) electrons. The second kappa shape index (κ2) is 4.06. The van der Waals surface area contributed by atoms with E-state index in [2.05, 4.69) is 43.3 Å². The minimum atomic E-state index is 0.286. The van der Waals surface area contributed by atoms with Crippen LogP contribution in [0.3, 0.4) is 0 Å². The van der Waals surface area contributed by atoms with Gasteiger partial charge in [0.05, 0.1) is 12.7 Å². The predicted octanol–water partition coefficient (Wildman–Crippen LogP) is 3.73. The lowest BCUT2D eigenvalue weighted by atomic mass is 9.75. The molecule has 0 unspecified atom stereocenters. The summed E-state index contributed by atoms with van der Waals surface area (Å²) in [6.07, 6.45) is 5.22. The summed E-state index contributed by atoms with van der Waals surface area (Å²) >= 11 is 0. The molecule has 2 bridgehead atoms. The van der Waals surface area contributed by atoms with Gasteiger partial charge in [0.1, 0.15) is 0 Å². The van der Waals surface area contributed by atoms with Crippen LogP contribution in [0.2, 0.25) is 0 Å². The normalized spacial score (nSPS) is 33.3. The lowest BCUT2D eigenvalue weighted by molar-refractivity contribution is -0.0512. The number of hydrogen-bond donors (Lipinski definition) is 0. The quantitative estimate of drug-likeness (QED) is 0.647. The molecule has 1 nitrogen and oxygen atoms in total. The van der Waals surface area contributed by atoms with Crippen LogP contribution in [0.25, 0.3) is 0 Å². The smallest absolute Gasteiger partial charge is 0.0890 e. The average molecular weight is 214 g/mol. The zero-order valence-electron chi connectivity index (χ0n) is 9.73. The molecule has 1 aliphatic carbocycles. The van der Waals surface area contributed by atoms with Gasteiger partial charge < -0.3 is 4.74 Å². The summed E-state index contributed by atoms with van der Waals surface area (Å²) in [5.41, 5.74) is 2.85. The molecular formula is C15H18O. The molecule has 3 rings (SSSR count). The highest BCUT2D eigenvalue weighted by molar-refractivity contribution is 5.23. The van der Waals surface area contributed by atoms with Crippen LogP contribution in [0.4, 0.5) is 0 Å². The summed E-state index contributed by atoms with van der Waals surface area (Å²) in [6.45, 7) is 3.19. The van der Waals surface area contributed by atoms with E-state index < -0.39 is 0 Å². The van der Waals surface area contributed by atoms with Gasteiger partial charge in [-0.15, -0.1) is 0 Å². The number of benzene rings is 1. The molecule has 1 heterocycles. The van der Waals surface area contributed by atoms with Crippen LogP contribution in [0.1, 0.15) is 31.4 Å². The second-order valence-corrected chi connectivity index (χ2v) is 5.06. The van der Waals surface area contributed by atoms with E-state index in [1.54, 1.807) is 0 Å². The van der Waals surface area contributed by atoms with Crippen LogP contribution in [-0.4, -0.2) is 6.61 Å². The molecule has 84 valence electrons. The van der Waals surface area contributed by atoms with E-state index in [0.717, 1.165) is 12.5 Å². The maximum atomic E-state index is 6.06. The molecule has 3 atom stereocenters. The molecule has 1 aliphatic heterocycles. The summed E-state index contributed by atoms with van der Waals surface area (Å²) in [7, 11) is 0. The van der Waals surface area contributed by atoms with Gasteiger partial charge in [-0.25, -0.2) is 0 Å². The Hall–Kier alpha value is -1.08. The minimum absolute atomic E-state index is 0.286. The van der Waals surface area contributed by atoms with E-state index in [1.807, 2.05) is 0 Å². The third-order valence-electron chi connectivity index (χ3n) is 3.95. The zero-order chi connectivity index (χ0) is 11.0. The SMILES string of the molecule is CC1=CC[C@@H]2CO[C@@H](c3ccccc3)[C@H]1C2. The monoisotopic (exact) mass is 214 g/mol. The lowest BCUT2D eigenvalue weighted by Gasteiger charge is -2.40. The second-order valence-electron chi connectivity index (χ2n) is 5.06. The third kappa shape index (κ3) is 1.69. The van der Waals surface area contributed by atoms with Crippen molar-refractivity contribution in [3.63, 3.8) is 0 Å². The molecule has 0 aromatic heterocycles. The molecule has 0 N–H and O–H groups in total. The summed E-state index contributed by atoms with van der Waals surface area (Å²) in [5.74, 6) is 1.36. The number of ether oxygens (including phenoxy) is 1. The van der Waals surface area contributed by atoms with Crippen molar-refractivity contribution in [3.8, 4) is 0 Å².